The Bertz CT molecular complexity index is 1380. The van der Waals surface area contributed by atoms with E-state index in [4.69, 9.17) is 23.2 Å². The van der Waals surface area contributed by atoms with Crippen LogP contribution in [0.5, 0.6) is 0 Å². The zero-order valence-corrected chi connectivity index (χ0v) is 18.0. The number of halogens is 2. The van der Waals surface area contributed by atoms with Crippen molar-refractivity contribution in [3.63, 3.8) is 0 Å². The van der Waals surface area contributed by atoms with Crippen molar-refractivity contribution in [2.45, 2.75) is 13.5 Å². The second-order valence-corrected chi connectivity index (χ2v) is 8.43. The first kappa shape index (κ1) is 20.4. The predicted octanol–water partition coefficient (Wildman–Crippen LogP) is 4.47. The normalized spacial score (nSPS) is 11.0. The Labute approximate surface area is 184 Å². The van der Waals surface area contributed by atoms with Crippen LogP contribution in [0.15, 0.2) is 63.5 Å². The van der Waals surface area contributed by atoms with Gasteiger partial charge in [-0.1, -0.05) is 41.4 Å². The molecule has 0 spiro atoms. The number of anilines is 1. The highest BCUT2D eigenvalue weighted by Gasteiger charge is 2.18. The highest BCUT2D eigenvalue weighted by atomic mass is 35.5. The van der Waals surface area contributed by atoms with Crippen LogP contribution >= 0.6 is 34.5 Å². The third-order valence-electron chi connectivity index (χ3n) is 4.56. The number of nitrogens with one attached hydrogen (secondary N) is 1. The minimum atomic E-state index is -0.584. The maximum atomic E-state index is 13.3. The largest absolute Gasteiger partial charge is 0.336 e. The lowest BCUT2D eigenvalue weighted by Crippen LogP contribution is -2.40. The first-order chi connectivity index (χ1) is 14.3. The molecule has 0 aliphatic heterocycles. The summed E-state index contributed by atoms with van der Waals surface area (Å²) in [4.78, 5) is 38.9. The molecular weight excluding hydrogens is 445 g/mol. The van der Waals surface area contributed by atoms with Crippen molar-refractivity contribution in [3.05, 3.63) is 90.4 Å². The zero-order chi connectivity index (χ0) is 21.4. The summed E-state index contributed by atoms with van der Waals surface area (Å²) in [6.45, 7) is 1.54. The maximum absolute atomic E-state index is 13.3. The fourth-order valence-electron chi connectivity index (χ4n) is 3.24. The summed E-state index contributed by atoms with van der Waals surface area (Å²) in [5, 5.41) is 5.17. The number of benzene rings is 2. The van der Waals surface area contributed by atoms with Crippen LogP contribution in [0.2, 0.25) is 10.0 Å². The molecule has 30 heavy (non-hydrogen) atoms. The fraction of sp³-hybridized carbons (Fsp3) is 0.0952. The van der Waals surface area contributed by atoms with Gasteiger partial charge in [0.2, 0.25) is 5.91 Å². The van der Waals surface area contributed by atoms with Gasteiger partial charge in [0.15, 0.2) is 0 Å². The van der Waals surface area contributed by atoms with Crippen molar-refractivity contribution < 1.29 is 4.79 Å². The van der Waals surface area contributed by atoms with Gasteiger partial charge in [-0.2, -0.15) is 0 Å². The summed E-state index contributed by atoms with van der Waals surface area (Å²) in [6, 6.07) is 13.4. The lowest BCUT2D eigenvalue weighted by atomic mass is 10.2. The number of nitrogens with zero attached hydrogens (tertiary/aromatic N) is 2. The van der Waals surface area contributed by atoms with E-state index >= 15 is 0 Å². The number of hydrogen-bond acceptors (Lipinski definition) is 4. The van der Waals surface area contributed by atoms with E-state index in [2.05, 4.69) is 5.32 Å². The quantitative estimate of drug-likeness (QED) is 0.489. The van der Waals surface area contributed by atoms with Crippen LogP contribution in [0, 0.1) is 6.92 Å². The van der Waals surface area contributed by atoms with Crippen molar-refractivity contribution in [2.24, 2.45) is 0 Å². The summed E-state index contributed by atoms with van der Waals surface area (Å²) in [5.41, 5.74) is 1.10. The van der Waals surface area contributed by atoms with E-state index < -0.39 is 17.2 Å². The van der Waals surface area contributed by atoms with Crippen LogP contribution in [0.1, 0.15) is 5.56 Å². The van der Waals surface area contributed by atoms with E-state index in [1.54, 1.807) is 41.8 Å². The average Bonchev–Trinajstić information content (AvgIpc) is 3.16. The molecule has 4 rings (SSSR count). The van der Waals surface area contributed by atoms with Crippen molar-refractivity contribution in [1.29, 1.82) is 0 Å². The maximum Gasteiger partial charge on any atom is 0.336 e. The first-order valence-electron chi connectivity index (χ1n) is 8.90. The standard InChI is InChI=1S/C21H15Cl2N3O3S/c1-12-4-2-3-5-16(12)26-20(28)19-17(6-7-30-19)25(21(26)29)11-18(27)24-15-9-13(22)8-14(23)10-15/h2-10H,11H2,1H3,(H,24,27). The van der Waals surface area contributed by atoms with Crippen molar-refractivity contribution in [3.8, 4) is 5.69 Å². The number of para-hydroxylation sites is 1. The molecule has 1 amide bonds. The molecule has 0 aliphatic rings. The minimum absolute atomic E-state index is 0.275. The Morgan fingerprint density at radius 2 is 1.77 bits per heavy atom. The van der Waals surface area contributed by atoms with E-state index in [0.29, 0.717) is 31.6 Å². The van der Waals surface area contributed by atoms with Gasteiger partial charge in [0.1, 0.15) is 11.2 Å². The molecule has 6 nitrogen and oxygen atoms in total. The van der Waals surface area contributed by atoms with Crippen LogP contribution in [-0.4, -0.2) is 15.0 Å². The topological polar surface area (TPSA) is 73.1 Å². The highest BCUT2D eigenvalue weighted by Crippen LogP contribution is 2.23. The molecule has 1 N–H and O–H groups in total. The number of aryl methyl sites for hydroxylation is 1. The number of aromatic nitrogens is 2. The van der Waals surface area contributed by atoms with Crippen LogP contribution in [-0.2, 0) is 11.3 Å². The van der Waals surface area contributed by atoms with Gasteiger partial charge in [-0.25, -0.2) is 9.36 Å². The van der Waals surface area contributed by atoms with Crippen molar-refractivity contribution in [2.75, 3.05) is 5.32 Å². The molecule has 0 unspecified atom stereocenters. The van der Waals surface area contributed by atoms with Crippen LogP contribution in [0.3, 0.4) is 0 Å². The van der Waals surface area contributed by atoms with Gasteiger partial charge in [-0.15, -0.1) is 11.3 Å². The molecule has 4 aromatic rings. The Balaban J connectivity index is 1.80. The summed E-state index contributed by atoms with van der Waals surface area (Å²) in [6.07, 6.45) is 0. The van der Waals surface area contributed by atoms with E-state index in [-0.39, 0.29) is 6.54 Å². The van der Waals surface area contributed by atoms with Gasteiger partial charge in [0, 0.05) is 15.7 Å². The van der Waals surface area contributed by atoms with Crippen LogP contribution in [0.25, 0.3) is 15.9 Å². The fourth-order valence-corrected chi connectivity index (χ4v) is 4.59. The Morgan fingerprint density at radius 3 is 2.47 bits per heavy atom. The molecule has 0 atom stereocenters. The number of carbonyl (C=O) groups excluding carboxylic acids is 1. The molecule has 152 valence electrons. The van der Waals surface area contributed by atoms with Gasteiger partial charge in [0.05, 0.1) is 11.2 Å². The van der Waals surface area contributed by atoms with E-state index in [1.165, 1.54) is 15.9 Å². The summed E-state index contributed by atoms with van der Waals surface area (Å²) >= 11 is 13.2. The molecule has 0 fully saturated rings. The smallest absolute Gasteiger partial charge is 0.324 e. The van der Waals surface area contributed by atoms with Crippen molar-refractivity contribution in [1.82, 2.24) is 9.13 Å². The van der Waals surface area contributed by atoms with Gasteiger partial charge in [-0.3, -0.25) is 14.2 Å². The van der Waals surface area contributed by atoms with Crippen LogP contribution < -0.4 is 16.6 Å². The molecule has 0 saturated heterocycles. The third kappa shape index (κ3) is 3.79. The second kappa shape index (κ2) is 8.10. The lowest BCUT2D eigenvalue weighted by Gasteiger charge is -2.14. The Kier molecular flexibility index (Phi) is 5.51. The van der Waals surface area contributed by atoms with Crippen LogP contribution in [0.4, 0.5) is 5.69 Å². The minimum Gasteiger partial charge on any atom is -0.324 e. The third-order valence-corrected chi connectivity index (χ3v) is 5.89. The number of carbonyl (C=O) groups is 1. The van der Waals surface area contributed by atoms with Gasteiger partial charge in [-0.05, 0) is 48.2 Å². The lowest BCUT2D eigenvalue weighted by molar-refractivity contribution is -0.116. The van der Waals surface area contributed by atoms with E-state index in [0.717, 1.165) is 10.1 Å². The number of rotatable bonds is 4. The number of thiophene rings is 1. The summed E-state index contributed by atoms with van der Waals surface area (Å²) in [5.74, 6) is -0.446. The first-order valence-corrected chi connectivity index (χ1v) is 10.5. The zero-order valence-electron chi connectivity index (χ0n) is 15.7. The van der Waals surface area contributed by atoms with Gasteiger partial charge in [0.25, 0.3) is 5.56 Å². The molecule has 9 heteroatoms. The Hall–Kier alpha value is -2.87. The molecule has 0 saturated carbocycles. The summed E-state index contributed by atoms with van der Waals surface area (Å²) in [7, 11) is 0. The second-order valence-electron chi connectivity index (χ2n) is 6.64. The molecule has 2 aromatic heterocycles. The SMILES string of the molecule is Cc1ccccc1-n1c(=O)c2sccc2n(CC(=O)Nc2cc(Cl)cc(Cl)c2)c1=O. The number of hydrogen-bond donors (Lipinski definition) is 1. The van der Waals surface area contributed by atoms with Crippen molar-refractivity contribution >= 4 is 56.3 Å². The molecule has 0 radical (unpaired) electrons. The summed E-state index contributed by atoms with van der Waals surface area (Å²) < 4.78 is 2.80. The van der Waals surface area contributed by atoms with E-state index in [1.807, 2.05) is 19.1 Å². The van der Waals surface area contributed by atoms with Gasteiger partial charge >= 0.3 is 5.69 Å². The number of fused-ring (bicyclic) bond motifs is 1. The molecule has 2 aromatic carbocycles. The highest BCUT2D eigenvalue weighted by molar-refractivity contribution is 7.17. The molecular formula is C21H15Cl2N3O3S. The van der Waals surface area contributed by atoms with E-state index in [9.17, 15) is 14.4 Å². The van der Waals surface area contributed by atoms with Gasteiger partial charge < -0.3 is 5.32 Å². The predicted molar refractivity (Wildman–Crippen MR) is 122 cm³/mol. The molecule has 0 aliphatic carbocycles. The Morgan fingerprint density at radius 1 is 1.07 bits per heavy atom. The molecule has 2 heterocycles. The monoisotopic (exact) mass is 459 g/mol. The average molecular weight is 460 g/mol. The number of amides is 1. The molecule has 0 bridgehead atoms.